The third-order valence-corrected chi connectivity index (χ3v) is 7.15. The number of hydrogen-bond acceptors (Lipinski definition) is 6. The highest BCUT2D eigenvalue weighted by Crippen LogP contribution is 2.32. The molecule has 158 valence electrons. The van der Waals surface area contributed by atoms with E-state index in [1.54, 1.807) is 22.7 Å². The molecule has 0 bridgehead atoms. The number of amides is 1. The number of carbonyl (C=O) groups excluding carboxylic acids is 1. The molecule has 1 aliphatic rings. The number of para-hydroxylation sites is 1. The minimum absolute atomic E-state index is 0.0192. The van der Waals surface area contributed by atoms with E-state index in [1.165, 1.54) is 17.7 Å². The third-order valence-electron chi connectivity index (χ3n) is 5.26. The molecule has 0 saturated carbocycles. The highest BCUT2D eigenvalue weighted by Gasteiger charge is 2.24. The largest absolute Gasteiger partial charge is 0.493 e. The van der Waals surface area contributed by atoms with Crippen LogP contribution in [0.25, 0.3) is 10.6 Å². The molecule has 3 aromatic rings. The van der Waals surface area contributed by atoms with E-state index in [4.69, 9.17) is 4.74 Å². The van der Waals surface area contributed by atoms with Gasteiger partial charge in [-0.05, 0) is 56.4 Å². The van der Waals surface area contributed by atoms with Crippen molar-refractivity contribution < 1.29 is 9.53 Å². The summed E-state index contributed by atoms with van der Waals surface area (Å²) in [6.45, 7) is 5.43. The molecule has 7 heteroatoms. The first-order valence-corrected chi connectivity index (χ1v) is 12.2. The first-order chi connectivity index (χ1) is 14.7. The quantitative estimate of drug-likeness (QED) is 0.520. The zero-order chi connectivity index (χ0) is 20.8. The average Bonchev–Trinajstić information content (AvgIpc) is 3.52. The average molecular weight is 442 g/mol. The fourth-order valence-electron chi connectivity index (χ4n) is 3.82. The van der Waals surface area contributed by atoms with E-state index in [9.17, 15) is 4.79 Å². The number of benzene rings is 1. The van der Waals surface area contributed by atoms with Crippen molar-refractivity contribution in [2.75, 3.05) is 26.2 Å². The van der Waals surface area contributed by atoms with Crippen LogP contribution in [0.3, 0.4) is 0 Å². The molecule has 3 heterocycles. The Balaban J connectivity index is 1.38. The van der Waals surface area contributed by atoms with Gasteiger partial charge in [-0.25, -0.2) is 4.98 Å². The second-order valence-corrected chi connectivity index (χ2v) is 9.17. The summed E-state index contributed by atoms with van der Waals surface area (Å²) in [6.07, 6.45) is 2.77. The van der Waals surface area contributed by atoms with Crippen LogP contribution in [0.1, 0.15) is 36.4 Å². The Kier molecular flexibility index (Phi) is 7.15. The zero-order valence-electron chi connectivity index (χ0n) is 17.2. The van der Waals surface area contributed by atoms with Gasteiger partial charge >= 0.3 is 0 Å². The maximum Gasteiger partial charge on any atom is 0.226 e. The zero-order valence-corrected chi connectivity index (χ0v) is 18.8. The molecule has 1 aromatic carbocycles. The molecule has 1 unspecified atom stereocenters. The standard InChI is InChI=1S/C23H27N3O2S2/c1-2-28-20-9-4-3-8-18(20)23-25-17(16-30-23)14-22(27)24-15-19(21-10-7-13-29-21)26-11-5-6-12-26/h3-4,7-10,13,16,19H,2,5-6,11-12,14-15H2,1H3,(H,24,27). The van der Waals surface area contributed by atoms with Crippen LogP contribution in [-0.4, -0.2) is 42.0 Å². The number of carbonyl (C=O) groups is 1. The van der Waals surface area contributed by atoms with E-state index in [0.717, 1.165) is 35.1 Å². The molecule has 1 atom stereocenters. The van der Waals surface area contributed by atoms with Crippen LogP contribution in [0.4, 0.5) is 0 Å². The summed E-state index contributed by atoms with van der Waals surface area (Å²) in [7, 11) is 0. The summed E-state index contributed by atoms with van der Waals surface area (Å²) >= 11 is 3.31. The lowest BCUT2D eigenvalue weighted by Gasteiger charge is -2.26. The second-order valence-electron chi connectivity index (χ2n) is 7.33. The fraction of sp³-hybridized carbons (Fsp3) is 0.391. The number of rotatable bonds is 9. The summed E-state index contributed by atoms with van der Waals surface area (Å²) < 4.78 is 5.71. The van der Waals surface area contributed by atoms with Crippen LogP contribution in [0.5, 0.6) is 5.75 Å². The summed E-state index contributed by atoms with van der Waals surface area (Å²) in [4.78, 5) is 21.1. The van der Waals surface area contributed by atoms with E-state index in [0.29, 0.717) is 19.6 Å². The summed E-state index contributed by atoms with van der Waals surface area (Å²) in [5.74, 6) is 0.848. The maximum atomic E-state index is 12.6. The summed E-state index contributed by atoms with van der Waals surface area (Å²) in [5.41, 5.74) is 1.77. The van der Waals surface area contributed by atoms with E-state index in [-0.39, 0.29) is 11.9 Å². The molecule has 2 aromatic heterocycles. The summed E-state index contributed by atoms with van der Waals surface area (Å²) in [6, 6.07) is 12.4. The molecule has 0 spiro atoms. The number of aromatic nitrogens is 1. The maximum absolute atomic E-state index is 12.6. The molecular weight excluding hydrogens is 414 g/mol. The Labute approximate surface area is 185 Å². The number of thiazole rings is 1. The van der Waals surface area contributed by atoms with Crippen LogP contribution in [-0.2, 0) is 11.2 Å². The van der Waals surface area contributed by atoms with E-state index >= 15 is 0 Å². The van der Waals surface area contributed by atoms with Crippen LogP contribution < -0.4 is 10.1 Å². The van der Waals surface area contributed by atoms with Crippen molar-refractivity contribution in [3.63, 3.8) is 0 Å². The Hall–Kier alpha value is -2.22. The lowest BCUT2D eigenvalue weighted by molar-refractivity contribution is -0.120. The second kappa shape index (κ2) is 10.2. The predicted octanol–water partition coefficient (Wildman–Crippen LogP) is 4.77. The molecule has 5 nitrogen and oxygen atoms in total. The van der Waals surface area contributed by atoms with Gasteiger partial charge < -0.3 is 10.1 Å². The fourth-order valence-corrected chi connectivity index (χ4v) is 5.53. The summed E-state index contributed by atoms with van der Waals surface area (Å²) in [5, 5.41) is 8.10. The minimum atomic E-state index is 0.0192. The lowest BCUT2D eigenvalue weighted by Crippen LogP contribution is -2.37. The van der Waals surface area contributed by atoms with Crippen LogP contribution >= 0.6 is 22.7 Å². The van der Waals surface area contributed by atoms with Gasteiger partial charge in [0.25, 0.3) is 0 Å². The van der Waals surface area contributed by atoms with Gasteiger partial charge in [-0.15, -0.1) is 22.7 Å². The third kappa shape index (κ3) is 5.09. The predicted molar refractivity (Wildman–Crippen MR) is 123 cm³/mol. The van der Waals surface area contributed by atoms with Crippen LogP contribution in [0.2, 0.25) is 0 Å². The van der Waals surface area contributed by atoms with Crippen molar-refractivity contribution in [1.82, 2.24) is 15.2 Å². The number of hydrogen-bond donors (Lipinski definition) is 1. The number of nitrogens with one attached hydrogen (secondary N) is 1. The number of likely N-dealkylation sites (tertiary alicyclic amines) is 1. The van der Waals surface area contributed by atoms with Crippen LogP contribution in [0.15, 0.2) is 47.2 Å². The molecule has 1 amide bonds. The van der Waals surface area contributed by atoms with Crippen molar-refractivity contribution in [2.45, 2.75) is 32.2 Å². The lowest BCUT2D eigenvalue weighted by atomic mass is 10.2. The van der Waals surface area contributed by atoms with E-state index in [2.05, 4.69) is 32.7 Å². The van der Waals surface area contributed by atoms with E-state index in [1.807, 2.05) is 36.6 Å². The highest BCUT2D eigenvalue weighted by molar-refractivity contribution is 7.13. The molecule has 0 aliphatic carbocycles. The number of ether oxygens (including phenoxy) is 1. The monoisotopic (exact) mass is 441 g/mol. The molecule has 4 rings (SSSR count). The number of thiophene rings is 1. The first kappa shape index (κ1) is 21.0. The molecular formula is C23H27N3O2S2. The normalized spacial score (nSPS) is 15.2. The van der Waals surface area contributed by atoms with Gasteiger partial charge in [0.1, 0.15) is 10.8 Å². The van der Waals surface area contributed by atoms with Gasteiger partial charge in [0.05, 0.1) is 30.3 Å². The smallest absolute Gasteiger partial charge is 0.226 e. The Morgan fingerprint density at radius 2 is 2.03 bits per heavy atom. The Bertz CT molecular complexity index is 949. The molecule has 1 N–H and O–H groups in total. The minimum Gasteiger partial charge on any atom is -0.493 e. The topological polar surface area (TPSA) is 54.5 Å². The SMILES string of the molecule is CCOc1ccccc1-c1nc(CC(=O)NCC(c2cccs2)N2CCCC2)cs1. The Morgan fingerprint density at radius 1 is 1.20 bits per heavy atom. The Morgan fingerprint density at radius 3 is 2.80 bits per heavy atom. The van der Waals surface area contributed by atoms with E-state index < -0.39 is 0 Å². The van der Waals surface area contributed by atoms with Crippen molar-refractivity contribution in [2.24, 2.45) is 0 Å². The molecule has 30 heavy (non-hydrogen) atoms. The van der Waals surface area contributed by atoms with Gasteiger partial charge in [-0.3, -0.25) is 9.69 Å². The highest BCUT2D eigenvalue weighted by atomic mass is 32.1. The van der Waals surface area contributed by atoms with Gasteiger partial charge in [-0.1, -0.05) is 18.2 Å². The van der Waals surface area contributed by atoms with Gasteiger partial charge in [0, 0.05) is 16.8 Å². The molecule has 0 radical (unpaired) electrons. The van der Waals surface area contributed by atoms with Crippen molar-refractivity contribution in [3.05, 3.63) is 57.7 Å². The first-order valence-electron chi connectivity index (χ1n) is 10.5. The van der Waals surface area contributed by atoms with Gasteiger partial charge in [0.2, 0.25) is 5.91 Å². The molecule has 1 aliphatic heterocycles. The number of nitrogens with zero attached hydrogens (tertiary/aromatic N) is 2. The van der Waals surface area contributed by atoms with Crippen molar-refractivity contribution in [3.8, 4) is 16.3 Å². The molecule has 1 saturated heterocycles. The van der Waals surface area contributed by atoms with Crippen molar-refractivity contribution >= 4 is 28.6 Å². The van der Waals surface area contributed by atoms with Crippen LogP contribution in [0, 0.1) is 0 Å². The van der Waals surface area contributed by atoms with Crippen molar-refractivity contribution in [1.29, 1.82) is 0 Å². The van der Waals surface area contributed by atoms with Gasteiger partial charge in [-0.2, -0.15) is 0 Å². The van der Waals surface area contributed by atoms with Gasteiger partial charge in [0.15, 0.2) is 0 Å². The molecule has 1 fully saturated rings.